The van der Waals surface area contributed by atoms with Gasteiger partial charge in [0.15, 0.2) is 6.10 Å². The van der Waals surface area contributed by atoms with Crippen molar-refractivity contribution in [3.63, 3.8) is 0 Å². The van der Waals surface area contributed by atoms with E-state index in [1.54, 1.807) is 13.0 Å². The number of carbonyl (C=O) groups excluding carboxylic acids is 2. The summed E-state index contributed by atoms with van der Waals surface area (Å²) in [5, 5.41) is 13.9. The number of likely N-dealkylation sites (N-methyl/N-ethyl adjacent to an activating group) is 1. The highest BCUT2D eigenvalue weighted by molar-refractivity contribution is 7.20. The van der Waals surface area contributed by atoms with Gasteiger partial charge in [-0.05, 0) is 26.0 Å². The Bertz CT molecular complexity index is 740. The van der Waals surface area contributed by atoms with Gasteiger partial charge in [-0.2, -0.15) is 0 Å². The van der Waals surface area contributed by atoms with Gasteiger partial charge in [-0.3, -0.25) is 14.9 Å². The van der Waals surface area contributed by atoms with Gasteiger partial charge < -0.3 is 10.1 Å². The monoisotopic (exact) mass is 322 g/mol. The number of nitrogens with zero attached hydrogens (tertiary/aromatic N) is 1. The van der Waals surface area contributed by atoms with E-state index in [0.717, 1.165) is 16.0 Å². The first kappa shape index (κ1) is 15.9. The van der Waals surface area contributed by atoms with Gasteiger partial charge >= 0.3 is 5.97 Å². The summed E-state index contributed by atoms with van der Waals surface area (Å²) >= 11 is 1.16. The number of benzene rings is 1. The molecule has 1 aromatic carbocycles. The second-order valence-electron chi connectivity index (χ2n) is 4.53. The minimum atomic E-state index is -0.896. The largest absolute Gasteiger partial charge is 0.448 e. The smallest absolute Gasteiger partial charge is 0.349 e. The Hall–Kier alpha value is -2.48. The molecule has 0 saturated carbocycles. The molecule has 7 nitrogen and oxygen atoms in total. The lowest BCUT2D eigenvalue weighted by molar-refractivity contribution is -0.384. The normalized spacial score (nSPS) is 11.9. The van der Waals surface area contributed by atoms with E-state index in [4.69, 9.17) is 4.74 Å². The van der Waals surface area contributed by atoms with E-state index in [1.165, 1.54) is 25.1 Å². The summed E-state index contributed by atoms with van der Waals surface area (Å²) in [7, 11) is 0. The Labute approximate surface area is 130 Å². The quantitative estimate of drug-likeness (QED) is 0.518. The molecular weight excluding hydrogens is 308 g/mol. The first-order valence-electron chi connectivity index (χ1n) is 6.59. The van der Waals surface area contributed by atoms with Crippen LogP contribution in [-0.2, 0) is 9.53 Å². The van der Waals surface area contributed by atoms with Gasteiger partial charge in [0.05, 0.1) is 4.92 Å². The predicted molar refractivity (Wildman–Crippen MR) is 82.0 cm³/mol. The number of hydrogen-bond acceptors (Lipinski definition) is 6. The van der Waals surface area contributed by atoms with Crippen LogP contribution in [0.5, 0.6) is 0 Å². The molecule has 0 bridgehead atoms. The fraction of sp³-hybridized carbons (Fsp3) is 0.286. The molecule has 0 aliphatic carbocycles. The molecule has 1 atom stereocenters. The zero-order valence-electron chi connectivity index (χ0n) is 12.0. The number of carbonyl (C=O) groups is 2. The first-order chi connectivity index (χ1) is 10.4. The van der Waals surface area contributed by atoms with Crippen LogP contribution in [0.25, 0.3) is 10.1 Å². The molecule has 0 aliphatic heterocycles. The summed E-state index contributed by atoms with van der Waals surface area (Å²) in [6, 6.07) is 5.89. The zero-order chi connectivity index (χ0) is 16.3. The van der Waals surface area contributed by atoms with E-state index >= 15 is 0 Å². The van der Waals surface area contributed by atoms with Crippen LogP contribution < -0.4 is 5.32 Å². The third kappa shape index (κ3) is 3.40. The summed E-state index contributed by atoms with van der Waals surface area (Å²) in [6.07, 6.45) is -0.896. The van der Waals surface area contributed by atoms with Crippen molar-refractivity contribution in [1.29, 1.82) is 0 Å². The van der Waals surface area contributed by atoms with Crippen LogP contribution in [0.2, 0.25) is 0 Å². The van der Waals surface area contributed by atoms with Gasteiger partial charge in [0.1, 0.15) is 4.88 Å². The maximum atomic E-state index is 12.0. The van der Waals surface area contributed by atoms with Gasteiger partial charge in [0.2, 0.25) is 0 Å². The number of amides is 1. The number of nitro benzene ring substituents is 1. The average Bonchev–Trinajstić information content (AvgIpc) is 2.90. The molecule has 0 unspecified atom stereocenters. The Morgan fingerprint density at radius 1 is 1.41 bits per heavy atom. The number of fused-ring (bicyclic) bond motifs is 1. The predicted octanol–water partition coefficient (Wildman–Crippen LogP) is 2.49. The number of nitrogens with one attached hydrogen (secondary N) is 1. The minimum Gasteiger partial charge on any atom is -0.448 e. The average molecular weight is 322 g/mol. The molecular formula is C14H14N2O5S. The number of non-ortho nitro benzene ring substituents is 1. The van der Waals surface area contributed by atoms with Gasteiger partial charge in [-0.15, -0.1) is 11.3 Å². The van der Waals surface area contributed by atoms with Crippen molar-refractivity contribution in [2.45, 2.75) is 20.0 Å². The molecule has 0 spiro atoms. The molecule has 8 heteroatoms. The van der Waals surface area contributed by atoms with Crippen LogP contribution in [0.1, 0.15) is 23.5 Å². The van der Waals surface area contributed by atoms with E-state index in [1.807, 2.05) is 0 Å². The third-order valence-corrected chi connectivity index (χ3v) is 4.01. The van der Waals surface area contributed by atoms with Crippen LogP contribution in [0, 0.1) is 10.1 Å². The van der Waals surface area contributed by atoms with Crippen LogP contribution >= 0.6 is 11.3 Å². The molecule has 0 saturated heterocycles. The SMILES string of the molecule is CCNC(=O)[C@H](C)OC(=O)c1cc2cc([N+](=O)[O-])ccc2s1. The molecule has 0 fully saturated rings. The highest BCUT2D eigenvalue weighted by Crippen LogP contribution is 2.29. The van der Waals surface area contributed by atoms with E-state index in [2.05, 4.69) is 5.32 Å². The van der Waals surface area contributed by atoms with Crippen LogP contribution in [0.3, 0.4) is 0 Å². The lowest BCUT2D eigenvalue weighted by Crippen LogP contribution is -2.35. The standard InChI is InChI=1S/C14H14N2O5S/c1-3-15-13(17)8(2)21-14(18)12-7-9-6-10(16(19)20)4-5-11(9)22-12/h4-8H,3H2,1-2H3,(H,15,17)/t8-/m0/s1. The van der Waals surface area contributed by atoms with Crippen molar-refractivity contribution in [1.82, 2.24) is 5.32 Å². The lowest BCUT2D eigenvalue weighted by atomic mass is 10.2. The summed E-state index contributed by atoms with van der Waals surface area (Å²) in [6.45, 7) is 3.71. The maximum Gasteiger partial charge on any atom is 0.349 e. The minimum absolute atomic E-state index is 0.0408. The van der Waals surface area contributed by atoms with Crippen molar-refractivity contribution < 1.29 is 19.2 Å². The maximum absolute atomic E-state index is 12.0. The fourth-order valence-electron chi connectivity index (χ4n) is 1.84. The van der Waals surface area contributed by atoms with Crippen LogP contribution in [0.15, 0.2) is 24.3 Å². The van der Waals surface area contributed by atoms with Gasteiger partial charge in [0, 0.05) is 28.8 Å². The number of ether oxygens (including phenoxy) is 1. The van der Waals surface area contributed by atoms with E-state index in [0.29, 0.717) is 16.8 Å². The Kier molecular flexibility index (Phi) is 4.71. The van der Waals surface area contributed by atoms with E-state index in [9.17, 15) is 19.7 Å². The number of nitro groups is 1. The summed E-state index contributed by atoms with van der Waals surface area (Å²) in [4.78, 5) is 34.1. The van der Waals surface area contributed by atoms with Crippen molar-refractivity contribution >= 4 is 39.0 Å². The Morgan fingerprint density at radius 2 is 2.14 bits per heavy atom. The lowest BCUT2D eigenvalue weighted by Gasteiger charge is -2.11. The van der Waals surface area contributed by atoms with Crippen molar-refractivity contribution in [2.75, 3.05) is 6.54 Å². The first-order valence-corrected chi connectivity index (χ1v) is 7.40. The molecule has 116 valence electrons. The van der Waals surface area contributed by atoms with Gasteiger partial charge in [-0.25, -0.2) is 4.79 Å². The highest BCUT2D eigenvalue weighted by Gasteiger charge is 2.20. The topological polar surface area (TPSA) is 98.5 Å². The second-order valence-corrected chi connectivity index (χ2v) is 5.62. The van der Waals surface area contributed by atoms with Crippen molar-refractivity contribution in [2.24, 2.45) is 0 Å². The highest BCUT2D eigenvalue weighted by atomic mass is 32.1. The number of esters is 1. The van der Waals surface area contributed by atoms with Gasteiger partial charge in [-0.1, -0.05) is 0 Å². The number of rotatable bonds is 5. The zero-order valence-corrected chi connectivity index (χ0v) is 12.8. The molecule has 22 heavy (non-hydrogen) atoms. The molecule has 2 aromatic rings. The Morgan fingerprint density at radius 3 is 2.77 bits per heavy atom. The summed E-state index contributed by atoms with van der Waals surface area (Å²) < 4.78 is 5.82. The molecule has 0 aliphatic rings. The van der Waals surface area contributed by atoms with Crippen LogP contribution in [-0.4, -0.2) is 29.4 Å². The van der Waals surface area contributed by atoms with Crippen molar-refractivity contribution in [3.05, 3.63) is 39.3 Å². The molecule has 1 amide bonds. The molecule has 1 aromatic heterocycles. The number of thiophene rings is 1. The van der Waals surface area contributed by atoms with Crippen molar-refractivity contribution in [3.8, 4) is 0 Å². The molecule has 1 heterocycles. The summed E-state index contributed by atoms with van der Waals surface area (Å²) in [5.41, 5.74) is -0.0408. The molecule has 2 rings (SSSR count). The fourth-order valence-corrected chi connectivity index (χ4v) is 2.76. The Balaban J connectivity index is 2.18. The third-order valence-electron chi connectivity index (χ3n) is 2.92. The van der Waals surface area contributed by atoms with E-state index < -0.39 is 17.0 Å². The summed E-state index contributed by atoms with van der Waals surface area (Å²) in [5.74, 6) is -0.991. The molecule has 1 N–H and O–H groups in total. The second kappa shape index (κ2) is 6.52. The van der Waals surface area contributed by atoms with E-state index in [-0.39, 0.29) is 11.6 Å². The van der Waals surface area contributed by atoms with Gasteiger partial charge in [0.25, 0.3) is 11.6 Å². The molecule has 0 radical (unpaired) electrons. The number of hydrogen-bond donors (Lipinski definition) is 1. The van der Waals surface area contributed by atoms with Crippen LogP contribution in [0.4, 0.5) is 5.69 Å².